The number of pyridine rings is 5. The summed E-state index contributed by atoms with van der Waals surface area (Å²) in [7, 11) is -7.76. The Bertz CT molecular complexity index is 7440. The normalized spacial score (nSPS) is 11.2. The van der Waals surface area contributed by atoms with Gasteiger partial charge in [-0.05, 0) is 157 Å². The minimum Gasteiger partial charge on any atom is -1.00 e. The Balaban J connectivity index is 0.000000227. The molecule has 2 atom stereocenters. The van der Waals surface area contributed by atoms with E-state index in [2.05, 4.69) is 55.2 Å². The number of imidazole rings is 3. The average molecular weight is 2110 g/mol. The summed E-state index contributed by atoms with van der Waals surface area (Å²) in [6, 6.07) is 80.8. The molecule has 0 aliphatic carbocycles. The van der Waals surface area contributed by atoms with E-state index in [1.54, 1.807) is 123 Å². The van der Waals surface area contributed by atoms with E-state index in [4.69, 9.17) is 38.9 Å². The molecule has 0 bridgehead atoms. The summed E-state index contributed by atoms with van der Waals surface area (Å²) in [5.41, 5.74) is 26.1. The summed E-state index contributed by atoms with van der Waals surface area (Å²) in [6.07, 6.45) is 0.960. The fraction of sp³-hybridized carbons (Fsp3) is 0.0714. The van der Waals surface area contributed by atoms with E-state index < -0.39 is 72.6 Å². The van der Waals surface area contributed by atoms with E-state index >= 15 is 0 Å². The third-order valence-corrected chi connectivity index (χ3v) is 22.8. The van der Waals surface area contributed by atoms with E-state index in [0.717, 1.165) is 80.4 Å². The molecular formula is C98H79BrClF10K2N15O12S2. The summed E-state index contributed by atoms with van der Waals surface area (Å²) in [4.78, 5) is 84.1. The number of aryl methyl sites for hydroxylation is 2. The first-order valence-electron chi connectivity index (χ1n) is 40.6. The van der Waals surface area contributed by atoms with Crippen LogP contribution in [0.4, 0.5) is 67.2 Å². The van der Waals surface area contributed by atoms with Gasteiger partial charge in [0, 0.05) is 47.9 Å². The number of sulfonamides is 2. The molecule has 17 aromatic rings. The molecule has 43 heteroatoms. The average Bonchev–Trinajstić information content (AvgIpc) is 1.65. The molecule has 9 N–H and O–H groups in total. The number of rotatable bonds is 20. The number of carbonyl (C=O) groups excluding carboxylic acids is 6. The van der Waals surface area contributed by atoms with Crippen molar-refractivity contribution in [3.8, 4) is 33.8 Å². The molecule has 4 amide bonds. The van der Waals surface area contributed by atoms with Crippen LogP contribution in [-0.2, 0) is 66.5 Å². The number of anilines is 4. The molecule has 716 valence electrons. The Labute approximate surface area is 899 Å². The van der Waals surface area contributed by atoms with Crippen molar-refractivity contribution < 1.29 is 204 Å². The number of amides is 4. The summed E-state index contributed by atoms with van der Waals surface area (Å²) in [5, 5.41) is 12.5. The van der Waals surface area contributed by atoms with Crippen LogP contribution in [0.25, 0.3) is 50.7 Å². The third-order valence-electron chi connectivity index (χ3n) is 19.0. The van der Waals surface area contributed by atoms with Crippen molar-refractivity contribution in [3.63, 3.8) is 0 Å². The predicted molar refractivity (Wildman–Crippen MR) is 504 cm³/mol. The van der Waals surface area contributed by atoms with Crippen molar-refractivity contribution in [1.29, 1.82) is 0 Å². The van der Waals surface area contributed by atoms with Crippen LogP contribution in [0.2, 0.25) is 0 Å². The Morgan fingerprint density at radius 1 is 0.482 bits per heavy atom. The molecule has 0 saturated heterocycles. The van der Waals surface area contributed by atoms with E-state index in [1.807, 2.05) is 105 Å². The van der Waals surface area contributed by atoms with Gasteiger partial charge in [0.25, 0.3) is 26.5 Å². The molecule has 0 aliphatic rings. The molecule has 0 fully saturated rings. The predicted octanol–water partition coefficient (Wildman–Crippen LogP) is 11.8. The molecule has 0 aliphatic heterocycles. The van der Waals surface area contributed by atoms with Gasteiger partial charge < -0.3 is 44.0 Å². The second kappa shape index (κ2) is 54.1. The number of fused-ring (bicyclic) bond motifs is 3. The second-order valence-corrected chi connectivity index (χ2v) is 33.7. The first kappa shape index (κ1) is 113. The number of benzene rings is 9. The Kier molecular flexibility index (Phi) is 43.5. The molecule has 8 aromatic heterocycles. The van der Waals surface area contributed by atoms with Crippen molar-refractivity contribution >= 4 is 123 Å². The quantitative estimate of drug-likeness (QED) is 0.00785. The van der Waals surface area contributed by atoms with Gasteiger partial charge in [0.15, 0.2) is 17.5 Å². The van der Waals surface area contributed by atoms with Gasteiger partial charge in [-0.3, -0.25) is 46.7 Å². The van der Waals surface area contributed by atoms with Crippen LogP contribution in [-0.4, -0.2) is 96.1 Å². The molecule has 9 aromatic carbocycles. The number of alkyl halides is 4. The maximum Gasteiger partial charge on any atom is 1.00 e. The second-order valence-electron chi connectivity index (χ2n) is 29.1. The van der Waals surface area contributed by atoms with E-state index in [-0.39, 0.29) is 196 Å². The smallest absolute Gasteiger partial charge is 1.00 e. The van der Waals surface area contributed by atoms with Crippen LogP contribution >= 0.6 is 27.5 Å². The van der Waals surface area contributed by atoms with E-state index in [9.17, 15) is 84.7 Å². The van der Waals surface area contributed by atoms with Crippen molar-refractivity contribution in [2.75, 3.05) is 21.1 Å². The first-order valence-corrected chi connectivity index (χ1v) is 44.8. The molecule has 17 rings (SSSR count). The van der Waals surface area contributed by atoms with Gasteiger partial charge in [-0.25, -0.2) is 59.1 Å². The maximum absolute atomic E-state index is 13.9. The van der Waals surface area contributed by atoms with Gasteiger partial charge in [0.05, 0.1) is 39.5 Å². The minimum absolute atomic E-state index is 0. The number of nitrogens with two attached hydrogens (primary N) is 3. The van der Waals surface area contributed by atoms with Gasteiger partial charge in [-0.1, -0.05) is 227 Å². The number of nitrogens with one attached hydrogen (secondary N) is 3. The molecule has 141 heavy (non-hydrogen) atoms. The zero-order chi connectivity index (χ0) is 101. The standard InChI is InChI=1S/C21H15F2N3O.C20H18FN3O3S.C15H9F4N3O.C13H10FN3.C12H11FN2O2S.C8H8BrNO.C8H6ClFO.CH2O3.2K.H/c22-16-8-6-14(7-9-16)12-19(27)25-21-20(15-4-2-1-3-5-15)26-13-17(23)10-11-18(26)24-21;1-14-7-10-17(11-8-14)28(26,27)23-18-12-9-16(21)13-24(18)19(20(22)25)15-5-3-2-4-6-15;16-10-6-7-11-20-13(21-14(23)15(17,18)19)12(22(11)8-10)9-4-2-1-3-5-9;14-10-6-7-11-16-13(15)12(17(11)8-10)9-4-2-1-3-5-9;1-9-2-5-11(6-3-9)18(16,17)15-12-7-4-10(13)8-14-12;9-7(8(10)11)6-4-2-1-3-5-6;9-8(11)5-6-1-3-7(10)4-2-6;2-1-4-3;;;/h1-11,13H,12H2,(H,25,27);2-13,19H,1H3,(H2,22,25);1-8H,(H,21,23);1-8H,15H2;2-8H,1H3,(H,14,15);1-5,7H,(H2,10,11);1-4H,5H2;1,3H;;;/q;;;;;;;;2*+1;-1/p-1. The number of nitrogens with zero attached hydrogens (tertiary/aromatic N) is 9. The molecule has 0 radical (unpaired) electrons. The van der Waals surface area contributed by atoms with Crippen LogP contribution in [0.5, 0.6) is 0 Å². The number of carbonyl (C=O) groups is 6. The fourth-order valence-electron chi connectivity index (χ4n) is 12.7. The number of hydrogen-bond acceptors (Lipinski definition) is 17. The van der Waals surface area contributed by atoms with E-state index in [0.29, 0.717) is 45.3 Å². The van der Waals surface area contributed by atoms with Crippen molar-refractivity contribution in [2.24, 2.45) is 15.9 Å². The topological polar surface area (TPSA) is 399 Å². The van der Waals surface area contributed by atoms with Gasteiger partial charge in [0.1, 0.15) is 79.8 Å². The van der Waals surface area contributed by atoms with Crippen LogP contribution < -0.4 is 146 Å². The fourth-order valence-corrected chi connectivity index (χ4v) is 15.1. The van der Waals surface area contributed by atoms with Crippen LogP contribution in [0.3, 0.4) is 0 Å². The van der Waals surface area contributed by atoms with Crippen LogP contribution in [0.15, 0.2) is 355 Å². The van der Waals surface area contributed by atoms with Gasteiger partial charge >= 0.3 is 115 Å². The monoisotopic (exact) mass is 2100 g/mol. The van der Waals surface area contributed by atoms with Gasteiger partial charge in [-0.15, -0.1) is 4.40 Å². The van der Waals surface area contributed by atoms with Gasteiger partial charge in [-0.2, -0.15) is 21.6 Å². The molecule has 0 saturated carbocycles. The molecule has 27 nitrogen and oxygen atoms in total. The number of halogens is 12. The third kappa shape index (κ3) is 33.9. The summed E-state index contributed by atoms with van der Waals surface area (Å²) >= 11 is 8.30. The number of hydrogen-bond donors (Lipinski definition) is 6. The molecule has 0 spiro atoms. The van der Waals surface area contributed by atoms with Crippen LogP contribution in [0, 0.1) is 54.6 Å². The van der Waals surface area contributed by atoms with Crippen molar-refractivity contribution in [1.82, 2.24) is 37.7 Å². The van der Waals surface area contributed by atoms with Gasteiger partial charge in [0.2, 0.25) is 23.0 Å². The zero-order valence-corrected chi connectivity index (χ0v) is 84.7. The summed E-state index contributed by atoms with van der Waals surface area (Å²) in [6.45, 7) is 3.52. The minimum atomic E-state index is -5.05. The summed E-state index contributed by atoms with van der Waals surface area (Å²) < 4.78 is 191. The summed E-state index contributed by atoms with van der Waals surface area (Å²) in [5.74, 6) is -6.16. The number of primary amides is 2. The molecular weight excluding hydrogens is 2030 g/mol. The van der Waals surface area contributed by atoms with Crippen LogP contribution in [0.1, 0.15) is 45.7 Å². The first-order chi connectivity index (χ1) is 66.3. The number of nitrogen functional groups attached to an aromatic ring is 1. The largest absolute Gasteiger partial charge is 1.00 e. The Morgan fingerprint density at radius 3 is 1.27 bits per heavy atom. The Hall–Kier alpha value is -13.0. The molecule has 2 unspecified atom stereocenters. The van der Waals surface area contributed by atoms with Crippen molar-refractivity contribution in [3.05, 3.63) is 420 Å². The zero-order valence-electron chi connectivity index (χ0n) is 75.5. The SMILES string of the molecule is Cc1ccc(S(=O)(=O)N=c2ccc(F)cn2C(C(N)=O)c2ccccc2)cc1.Cc1ccc(S(=O)(=O)Nc2ccc(F)cn2)cc1.NC(=O)C(Br)c1ccccc1.Nc1nc2ccc(F)cn2c1-c1ccccc1.O=C(Cc1ccc(F)cc1)Nc1nc2ccc(F)cn2c1-c1ccccc1.O=C(Cl)Cc1ccc(F)cc1.O=C(Nc1nc2ccc(F)cn2c1-c1ccccc1)C(F)(F)F.O=CO[O-].[H-].[K+].[K+]. The van der Waals surface area contributed by atoms with E-state index in [1.165, 1.54) is 108 Å². The molecule has 8 heterocycles. The number of aromatic nitrogens is 8. The van der Waals surface area contributed by atoms with Crippen molar-refractivity contribution in [2.45, 2.75) is 53.5 Å². The maximum atomic E-state index is 13.9. The Morgan fingerprint density at radius 2 is 0.858 bits per heavy atom.